The molecule has 1 saturated carbocycles. The number of aliphatic hydroxyl groups is 1. The third-order valence-electron chi connectivity index (χ3n) is 16.6. The Bertz CT molecular complexity index is 2570. The lowest BCUT2D eigenvalue weighted by atomic mass is 9.57. The first-order valence-electron chi connectivity index (χ1n) is 25.4. The molecule has 69 heavy (non-hydrogen) atoms. The van der Waals surface area contributed by atoms with Crippen molar-refractivity contribution in [1.29, 1.82) is 0 Å². The quantitative estimate of drug-likeness (QED) is 0.132. The number of benzene rings is 2. The number of aliphatic hydroxyl groups excluding tert-OH is 1. The van der Waals surface area contributed by atoms with Crippen LogP contribution < -0.4 is 10.6 Å². The van der Waals surface area contributed by atoms with Crippen LogP contribution in [0.3, 0.4) is 0 Å². The molecule has 0 unspecified atom stereocenters. The Labute approximate surface area is 406 Å². The molecule has 4 atom stereocenters. The number of rotatable bonds is 10. The number of hydrogen-bond donors (Lipinski definition) is 5. The predicted octanol–water partition coefficient (Wildman–Crippen LogP) is 5.27. The first-order valence-corrected chi connectivity index (χ1v) is 25.4. The average molecular weight is 939 g/mol. The van der Waals surface area contributed by atoms with Crippen molar-refractivity contribution in [3.05, 3.63) is 77.0 Å². The third kappa shape index (κ3) is 9.57. The minimum Gasteiger partial charge on any atom is -0.507 e. The molecule has 10 rings (SSSR count). The Morgan fingerprint density at radius 2 is 1.67 bits per heavy atom. The fourth-order valence-corrected chi connectivity index (χ4v) is 12.9. The van der Waals surface area contributed by atoms with E-state index in [1.165, 1.54) is 41.8 Å². The predicted molar refractivity (Wildman–Crippen MR) is 265 cm³/mol. The number of aromatic amines is 1. The number of H-pyrrole nitrogens is 1. The van der Waals surface area contributed by atoms with Crippen molar-refractivity contribution >= 4 is 28.9 Å². The number of amides is 4. The monoisotopic (exact) mass is 939 g/mol. The van der Waals surface area contributed by atoms with Gasteiger partial charge in [-0.05, 0) is 124 Å². The zero-order valence-electron chi connectivity index (χ0n) is 40.8. The molecule has 4 aromatic rings. The number of urea groups is 1. The van der Waals surface area contributed by atoms with Gasteiger partial charge in [0, 0.05) is 97.9 Å². The fraction of sp³-hybridized carbons (Fsp3) is 0.574. The third-order valence-corrected chi connectivity index (χ3v) is 16.6. The van der Waals surface area contributed by atoms with Crippen molar-refractivity contribution in [3.8, 4) is 29.4 Å². The van der Waals surface area contributed by atoms with E-state index in [2.05, 4.69) is 59.4 Å². The number of phenolic OH excluding ortho intramolecular Hbond substituents is 1. The van der Waals surface area contributed by atoms with Crippen molar-refractivity contribution in [2.75, 3.05) is 58.9 Å². The average Bonchev–Trinajstić information content (AvgIpc) is 3.91. The van der Waals surface area contributed by atoms with Gasteiger partial charge in [0.1, 0.15) is 17.8 Å². The number of aromatic nitrogens is 3. The van der Waals surface area contributed by atoms with Crippen LogP contribution in [0.15, 0.2) is 54.6 Å². The Hall–Kier alpha value is -5.53. The minimum absolute atomic E-state index is 0.0384. The molecule has 2 aromatic carbocycles. The largest absolute Gasteiger partial charge is 0.507 e. The van der Waals surface area contributed by atoms with Gasteiger partial charge in [-0.1, -0.05) is 51.0 Å². The Morgan fingerprint density at radius 3 is 2.36 bits per heavy atom. The van der Waals surface area contributed by atoms with Crippen LogP contribution in [0.1, 0.15) is 101 Å². The lowest BCUT2D eigenvalue weighted by molar-refractivity contribution is -0.142. The van der Waals surface area contributed by atoms with Gasteiger partial charge in [0.15, 0.2) is 5.65 Å². The first-order chi connectivity index (χ1) is 33.1. The highest BCUT2D eigenvalue weighted by atomic mass is 16.3. The van der Waals surface area contributed by atoms with Crippen LogP contribution in [0.5, 0.6) is 5.75 Å². The summed E-state index contributed by atoms with van der Waals surface area (Å²) >= 11 is 0. The van der Waals surface area contributed by atoms with Gasteiger partial charge in [0.2, 0.25) is 11.8 Å². The second kappa shape index (κ2) is 19.0. The van der Waals surface area contributed by atoms with Crippen LogP contribution in [-0.2, 0) is 22.6 Å². The van der Waals surface area contributed by atoms with Crippen molar-refractivity contribution in [1.82, 2.24) is 50.3 Å². The standard InChI is InChI=1S/C54H70N10O5/c1-6-35-11-13-36(14-12-35)29-55-50(67)45-25-40(65)31-64(45)51(68)48(53(3,4)5)57-52(69)62-32-54(33-62)27-37(28-54)30-60-20-15-38(16-21-60)61-22-17-39(18-23-61)63-24-19-43-47(34(63)2)42-26-44(58-59-49(42)56-43)41-9-7-8-10-46(41)66/h1,7-14,26,34,37-40,45,48,65-66H,15-25,27-33H2,2-5H3,(H,55,67)(H,56,59)(H,57,69)/t34-,40-,45+,48-/m1/s1. The van der Waals surface area contributed by atoms with Gasteiger partial charge >= 0.3 is 6.03 Å². The number of likely N-dealkylation sites (tertiary alicyclic amines) is 4. The van der Waals surface area contributed by atoms with E-state index in [0.717, 1.165) is 80.7 Å². The number of hydrogen-bond acceptors (Lipinski definition) is 10. The smallest absolute Gasteiger partial charge is 0.318 e. The highest BCUT2D eigenvalue weighted by Gasteiger charge is 2.55. The van der Waals surface area contributed by atoms with Crippen LogP contribution in [0.4, 0.5) is 4.79 Å². The van der Waals surface area contributed by atoms with Crippen LogP contribution in [0, 0.1) is 29.1 Å². The number of phenols is 1. The number of nitrogens with zero attached hydrogens (tertiary/aromatic N) is 7. The molecule has 5 N–H and O–H groups in total. The number of aromatic hydroxyl groups is 1. The van der Waals surface area contributed by atoms with Gasteiger partial charge in [-0.25, -0.2) is 4.79 Å². The molecule has 4 amide bonds. The van der Waals surface area contributed by atoms with E-state index in [9.17, 15) is 24.6 Å². The summed E-state index contributed by atoms with van der Waals surface area (Å²) in [5, 5.41) is 37.2. The van der Waals surface area contributed by atoms with Crippen LogP contribution >= 0.6 is 0 Å². The molecule has 4 saturated heterocycles. The summed E-state index contributed by atoms with van der Waals surface area (Å²) in [6, 6.07) is 16.3. The number of β-amino-alcohol motifs (C(OH)–C–C–N with tert-alkyl or cyclic N) is 1. The number of piperidine rings is 2. The number of carbonyl (C=O) groups excluding carboxylic acids is 3. The van der Waals surface area contributed by atoms with Crippen LogP contribution in [0.2, 0.25) is 0 Å². The summed E-state index contributed by atoms with van der Waals surface area (Å²) in [6.45, 7) is 16.5. The maximum absolute atomic E-state index is 14.2. The minimum atomic E-state index is -0.862. The van der Waals surface area contributed by atoms with E-state index in [-0.39, 0.29) is 54.6 Å². The SMILES string of the molecule is C#Cc1ccc(CNC(=O)[C@@H]2C[C@@H](O)CN2C(=O)[C@@H](NC(=O)N2CC3(CC(CN4CCC(N5CCC(N6CCc7[nH]c8nnc(-c9ccccc9O)cc8c7[C@H]6C)CC5)CC4)C3)C2)C(C)(C)C)cc1. The van der Waals surface area contributed by atoms with Crippen molar-refractivity contribution in [2.45, 2.75) is 122 Å². The van der Waals surface area contributed by atoms with Gasteiger partial charge in [0.25, 0.3) is 0 Å². The van der Waals surface area contributed by atoms with E-state index >= 15 is 0 Å². The van der Waals surface area contributed by atoms with Crippen LogP contribution in [-0.4, -0.2) is 157 Å². The summed E-state index contributed by atoms with van der Waals surface area (Å²) in [5.74, 6) is 2.76. The van der Waals surface area contributed by atoms with Gasteiger partial charge in [-0.2, -0.15) is 0 Å². The van der Waals surface area contributed by atoms with Gasteiger partial charge < -0.3 is 45.4 Å². The summed E-state index contributed by atoms with van der Waals surface area (Å²) in [5.41, 5.74) is 5.98. The second-order valence-corrected chi connectivity index (χ2v) is 22.3. The maximum Gasteiger partial charge on any atom is 0.318 e. The summed E-state index contributed by atoms with van der Waals surface area (Å²) < 4.78 is 0. The number of carbonyl (C=O) groups is 3. The maximum atomic E-state index is 14.2. The molecule has 15 nitrogen and oxygen atoms in total. The molecule has 5 fully saturated rings. The Morgan fingerprint density at radius 1 is 0.957 bits per heavy atom. The Kier molecular flexibility index (Phi) is 13.0. The van der Waals surface area contributed by atoms with Gasteiger partial charge in [-0.15, -0.1) is 16.6 Å². The van der Waals surface area contributed by atoms with Crippen LogP contribution in [0.25, 0.3) is 22.3 Å². The molecule has 15 heteroatoms. The van der Waals surface area contributed by atoms with E-state index in [1.807, 2.05) is 68.1 Å². The molecular formula is C54H70N10O5. The van der Waals surface area contributed by atoms with E-state index in [0.29, 0.717) is 42.3 Å². The molecule has 1 spiro atoms. The van der Waals surface area contributed by atoms with E-state index in [1.54, 1.807) is 6.07 Å². The fourth-order valence-electron chi connectivity index (χ4n) is 12.9. The summed E-state index contributed by atoms with van der Waals surface area (Å²) in [6.07, 6.45) is 12.8. The first kappa shape index (κ1) is 47.2. The highest BCUT2D eigenvalue weighted by molar-refractivity contribution is 5.93. The number of terminal acetylenes is 1. The zero-order chi connectivity index (χ0) is 48.2. The Balaban J connectivity index is 0.651. The van der Waals surface area contributed by atoms with Gasteiger partial charge in [0.05, 0.1) is 11.8 Å². The molecule has 366 valence electrons. The highest BCUT2D eigenvalue weighted by Crippen LogP contribution is 2.52. The normalized spacial score (nSPS) is 24.4. The molecule has 0 bridgehead atoms. The number of nitrogens with one attached hydrogen (secondary N) is 3. The van der Waals surface area contributed by atoms with Crippen molar-refractivity contribution in [2.24, 2.45) is 16.7 Å². The van der Waals surface area contributed by atoms with E-state index in [4.69, 9.17) is 6.42 Å². The topological polar surface area (TPSA) is 173 Å². The van der Waals surface area contributed by atoms with E-state index < -0.39 is 23.6 Å². The molecular weight excluding hydrogens is 869 g/mol. The van der Waals surface area contributed by atoms with Gasteiger partial charge in [-0.3, -0.25) is 14.5 Å². The molecule has 5 aliphatic heterocycles. The molecule has 0 radical (unpaired) electrons. The molecule has 1 aliphatic carbocycles. The lowest BCUT2D eigenvalue weighted by Gasteiger charge is -2.60. The zero-order valence-corrected chi connectivity index (χ0v) is 40.8. The summed E-state index contributed by atoms with van der Waals surface area (Å²) in [4.78, 5) is 56.3. The summed E-state index contributed by atoms with van der Waals surface area (Å²) in [7, 11) is 0. The molecule has 7 heterocycles. The number of para-hydroxylation sites is 1. The van der Waals surface area contributed by atoms with Crippen molar-refractivity contribution in [3.63, 3.8) is 0 Å². The van der Waals surface area contributed by atoms with Crippen molar-refractivity contribution < 1.29 is 24.6 Å². The number of fused-ring (bicyclic) bond motifs is 3. The molecule has 6 aliphatic rings. The second-order valence-electron chi connectivity index (χ2n) is 22.3. The molecule has 2 aromatic heterocycles. The lowest BCUT2D eigenvalue weighted by Crippen LogP contribution is -2.68.